The van der Waals surface area contributed by atoms with Crippen molar-refractivity contribution in [1.29, 1.82) is 0 Å². The molecule has 0 bridgehead atoms. The highest BCUT2D eigenvalue weighted by Crippen LogP contribution is 2.29. The van der Waals surface area contributed by atoms with E-state index in [0.717, 1.165) is 10.6 Å². The maximum absolute atomic E-state index is 13.6. The van der Waals surface area contributed by atoms with E-state index in [-0.39, 0.29) is 34.6 Å². The van der Waals surface area contributed by atoms with Crippen LogP contribution in [0.1, 0.15) is 32.3 Å². The molecule has 35 heavy (non-hydrogen) atoms. The third-order valence-corrected chi connectivity index (χ3v) is 7.43. The van der Waals surface area contributed by atoms with Crippen LogP contribution in [0, 0.1) is 0 Å². The van der Waals surface area contributed by atoms with Crippen molar-refractivity contribution in [2.45, 2.75) is 39.3 Å². The van der Waals surface area contributed by atoms with Gasteiger partial charge in [-0.3, -0.25) is 13.9 Å². The zero-order valence-corrected chi connectivity index (χ0v) is 23.4. The molecule has 0 aliphatic carbocycles. The Morgan fingerprint density at radius 2 is 1.57 bits per heavy atom. The lowest BCUT2D eigenvalue weighted by atomic mass is 10.1. The first-order valence-corrected chi connectivity index (χ1v) is 14.2. The van der Waals surface area contributed by atoms with Gasteiger partial charge in [0.15, 0.2) is 0 Å². The second kappa shape index (κ2) is 13.0. The first-order valence-electron chi connectivity index (χ1n) is 10.8. The molecule has 1 atom stereocenters. The average Bonchev–Trinajstić information content (AvgIpc) is 2.76. The Hall–Kier alpha value is -1.71. The van der Waals surface area contributed by atoms with Crippen molar-refractivity contribution in [2.24, 2.45) is 0 Å². The zero-order chi connectivity index (χ0) is 26.3. The molecule has 0 saturated carbocycles. The van der Waals surface area contributed by atoms with Gasteiger partial charge in [0, 0.05) is 38.7 Å². The van der Waals surface area contributed by atoms with E-state index in [9.17, 15) is 18.0 Å². The van der Waals surface area contributed by atoms with Crippen molar-refractivity contribution in [3.8, 4) is 0 Å². The number of nitrogens with one attached hydrogen (secondary N) is 1. The molecule has 192 valence electrons. The van der Waals surface area contributed by atoms with Gasteiger partial charge in [-0.2, -0.15) is 0 Å². The first-order chi connectivity index (χ1) is 16.4. The van der Waals surface area contributed by atoms with Crippen molar-refractivity contribution in [3.05, 3.63) is 62.1 Å². The number of amides is 2. The first kappa shape index (κ1) is 29.5. The Balaban J connectivity index is 2.52. The third kappa shape index (κ3) is 8.15. The van der Waals surface area contributed by atoms with Gasteiger partial charge in [-0.1, -0.05) is 66.3 Å². The molecule has 0 saturated heterocycles. The molecule has 2 aromatic carbocycles. The van der Waals surface area contributed by atoms with Gasteiger partial charge < -0.3 is 10.2 Å². The van der Waals surface area contributed by atoms with Crippen LogP contribution in [-0.2, 0) is 26.2 Å². The molecule has 0 fully saturated rings. The Kier molecular flexibility index (Phi) is 11.0. The predicted molar refractivity (Wildman–Crippen MR) is 143 cm³/mol. The molecule has 0 heterocycles. The SMILES string of the molecule is CCCNC(=O)C(CC)N(Cc1c(Cl)cccc1Cl)C(=O)CN(c1cc(Cl)cc(Cl)c1)S(C)(=O)=O. The summed E-state index contributed by atoms with van der Waals surface area (Å²) in [5, 5.41) is 3.85. The van der Waals surface area contributed by atoms with Gasteiger partial charge in [0.1, 0.15) is 12.6 Å². The maximum Gasteiger partial charge on any atom is 0.244 e. The fourth-order valence-electron chi connectivity index (χ4n) is 3.44. The van der Waals surface area contributed by atoms with Crippen LogP contribution in [0.4, 0.5) is 5.69 Å². The summed E-state index contributed by atoms with van der Waals surface area (Å²) in [5.74, 6) is -0.983. The van der Waals surface area contributed by atoms with Crippen molar-refractivity contribution in [1.82, 2.24) is 10.2 Å². The standard InChI is InChI=1S/C23H27Cl4N3O4S/c1-4-9-28-23(32)21(5-2)29(13-18-19(26)7-6-8-20(18)27)22(31)14-30(35(3,33)34)17-11-15(24)10-16(25)12-17/h6-8,10-12,21H,4-5,9,13-14H2,1-3H3,(H,28,32). The normalized spacial score (nSPS) is 12.2. The quantitative estimate of drug-likeness (QED) is 0.384. The fourth-order valence-corrected chi connectivity index (χ4v) is 5.30. The summed E-state index contributed by atoms with van der Waals surface area (Å²) in [4.78, 5) is 27.9. The number of carbonyl (C=O) groups excluding carboxylic acids is 2. The number of hydrogen-bond donors (Lipinski definition) is 1. The Morgan fingerprint density at radius 1 is 1.00 bits per heavy atom. The molecule has 2 aromatic rings. The fraction of sp³-hybridized carbons (Fsp3) is 0.391. The summed E-state index contributed by atoms with van der Waals surface area (Å²) in [5.41, 5.74) is 0.570. The molecule has 2 rings (SSSR count). The van der Waals surface area contributed by atoms with Crippen LogP contribution in [0.25, 0.3) is 0 Å². The molecular weight excluding hydrogens is 556 g/mol. The van der Waals surface area contributed by atoms with Crippen LogP contribution in [0.15, 0.2) is 36.4 Å². The van der Waals surface area contributed by atoms with E-state index in [1.165, 1.54) is 23.1 Å². The minimum Gasteiger partial charge on any atom is -0.354 e. The van der Waals surface area contributed by atoms with Crippen LogP contribution >= 0.6 is 46.4 Å². The largest absolute Gasteiger partial charge is 0.354 e. The van der Waals surface area contributed by atoms with Crippen LogP contribution in [0.3, 0.4) is 0 Å². The predicted octanol–water partition coefficient (Wildman–Crippen LogP) is 5.40. The van der Waals surface area contributed by atoms with Crippen molar-refractivity contribution in [2.75, 3.05) is 23.7 Å². The van der Waals surface area contributed by atoms with Crippen molar-refractivity contribution in [3.63, 3.8) is 0 Å². The van der Waals surface area contributed by atoms with E-state index in [0.29, 0.717) is 28.6 Å². The molecule has 0 aliphatic rings. The lowest BCUT2D eigenvalue weighted by molar-refractivity contribution is -0.140. The van der Waals surface area contributed by atoms with Gasteiger partial charge >= 0.3 is 0 Å². The molecule has 12 heteroatoms. The number of benzene rings is 2. The van der Waals surface area contributed by atoms with Crippen LogP contribution in [-0.4, -0.2) is 50.5 Å². The van der Waals surface area contributed by atoms with Crippen LogP contribution in [0.5, 0.6) is 0 Å². The van der Waals surface area contributed by atoms with E-state index in [4.69, 9.17) is 46.4 Å². The highest BCUT2D eigenvalue weighted by molar-refractivity contribution is 7.92. The summed E-state index contributed by atoms with van der Waals surface area (Å²) in [6, 6.07) is 8.27. The van der Waals surface area contributed by atoms with Gasteiger partial charge in [0.05, 0.1) is 11.9 Å². The summed E-state index contributed by atoms with van der Waals surface area (Å²) < 4.78 is 26.2. The number of rotatable bonds is 11. The molecule has 0 aliphatic heterocycles. The van der Waals surface area contributed by atoms with Gasteiger partial charge in [0.25, 0.3) is 0 Å². The second-order valence-corrected chi connectivity index (χ2v) is 11.4. The molecule has 0 spiro atoms. The monoisotopic (exact) mass is 581 g/mol. The Bertz CT molecular complexity index is 1140. The Labute approximate surface area is 226 Å². The Morgan fingerprint density at radius 3 is 2.06 bits per heavy atom. The van der Waals surface area contributed by atoms with Crippen molar-refractivity contribution >= 4 is 73.9 Å². The second-order valence-electron chi connectivity index (χ2n) is 7.83. The number of nitrogens with zero attached hydrogens (tertiary/aromatic N) is 2. The number of carbonyl (C=O) groups is 2. The summed E-state index contributed by atoms with van der Waals surface area (Å²) >= 11 is 24.8. The molecule has 2 amide bonds. The summed E-state index contributed by atoms with van der Waals surface area (Å²) in [6.45, 7) is 3.42. The number of hydrogen-bond acceptors (Lipinski definition) is 4. The number of anilines is 1. The van der Waals surface area contributed by atoms with Crippen LogP contribution < -0.4 is 9.62 Å². The molecule has 1 unspecified atom stereocenters. The average molecular weight is 583 g/mol. The van der Waals surface area contributed by atoms with E-state index >= 15 is 0 Å². The molecule has 7 nitrogen and oxygen atoms in total. The van der Waals surface area contributed by atoms with E-state index in [1.807, 2.05) is 6.92 Å². The topological polar surface area (TPSA) is 86.8 Å². The van der Waals surface area contributed by atoms with Gasteiger partial charge in [0.2, 0.25) is 21.8 Å². The van der Waals surface area contributed by atoms with Crippen LogP contribution in [0.2, 0.25) is 20.1 Å². The molecular formula is C23H27Cl4N3O4S. The molecule has 0 radical (unpaired) electrons. The number of sulfonamides is 1. The summed E-state index contributed by atoms with van der Waals surface area (Å²) in [6.07, 6.45) is 1.96. The van der Waals surface area contributed by atoms with Gasteiger partial charge in [-0.25, -0.2) is 8.42 Å². The van der Waals surface area contributed by atoms with Gasteiger partial charge in [-0.05, 0) is 43.2 Å². The minimum absolute atomic E-state index is 0.0940. The highest BCUT2D eigenvalue weighted by atomic mass is 35.5. The maximum atomic E-state index is 13.6. The van der Waals surface area contributed by atoms with E-state index in [1.54, 1.807) is 25.1 Å². The van der Waals surface area contributed by atoms with Gasteiger partial charge in [-0.15, -0.1) is 0 Å². The highest BCUT2D eigenvalue weighted by Gasteiger charge is 2.32. The minimum atomic E-state index is -3.92. The van der Waals surface area contributed by atoms with E-state index < -0.39 is 28.5 Å². The number of halogens is 4. The van der Waals surface area contributed by atoms with E-state index in [2.05, 4.69) is 5.32 Å². The smallest absolute Gasteiger partial charge is 0.244 e. The third-order valence-electron chi connectivity index (χ3n) is 5.14. The lowest BCUT2D eigenvalue weighted by Crippen LogP contribution is -2.52. The molecule has 0 aromatic heterocycles. The summed E-state index contributed by atoms with van der Waals surface area (Å²) in [7, 11) is -3.92. The zero-order valence-electron chi connectivity index (χ0n) is 19.5. The van der Waals surface area contributed by atoms with Crippen molar-refractivity contribution < 1.29 is 18.0 Å². The molecule has 1 N–H and O–H groups in total. The lowest BCUT2D eigenvalue weighted by Gasteiger charge is -2.33.